The molecule has 1 aliphatic carbocycles. The molecule has 2 aromatic rings. The summed E-state index contributed by atoms with van der Waals surface area (Å²) in [6.07, 6.45) is 7.46. The van der Waals surface area contributed by atoms with E-state index in [0.29, 0.717) is 5.82 Å². The zero-order valence-electron chi connectivity index (χ0n) is 11.1. The summed E-state index contributed by atoms with van der Waals surface area (Å²) in [5.74, 6) is 7.00. The van der Waals surface area contributed by atoms with E-state index >= 15 is 0 Å². The molecular weight excluding hydrogens is 240 g/mol. The lowest BCUT2D eigenvalue weighted by atomic mass is 10.1. The molecule has 0 atom stereocenters. The summed E-state index contributed by atoms with van der Waals surface area (Å²) in [6.45, 7) is 0. The Bertz CT molecular complexity index is 589. The van der Waals surface area contributed by atoms with Crippen molar-refractivity contribution in [3.8, 4) is 11.5 Å². The van der Waals surface area contributed by atoms with Crippen LogP contribution < -0.4 is 11.3 Å². The number of anilines is 1. The number of hydrogen-bond donors (Lipinski definition) is 2. The molecule has 1 aliphatic rings. The highest BCUT2D eigenvalue weighted by Gasteiger charge is 2.17. The lowest BCUT2D eigenvalue weighted by molar-refractivity contribution is 0.709. The first-order valence-electron chi connectivity index (χ1n) is 6.64. The van der Waals surface area contributed by atoms with Crippen LogP contribution in [0.1, 0.15) is 30.5 Å². The molecule has 0 saturated heterocycles. The van der Waals surface area contributed by atoms with Gasteiger partial charge < -0.3 is 5.43 Å². The standard InChI is InChI=1S/C13H18N6/c1-19-8-7-11(18-19)13-15-10-6-4-2-3-5-9(10)12(16-13)17-14/h7-8H,2-6,14H2,1H3,(H,15,16,17). The molecule has 2 aromatic heterocycles. The molecule has 100 valence electrons. The monoisotopic (exact) mass is 258 g/mol. The van der Waals surface area contributed by atoms with Crippen LogP contribution in [0.5, 0.6) is 0 Å². The molecule has 0 fully saturated rings. The van der Waals surface area contributed by atoms with Crippen molar-refractivity contribution in [1.82, 2.24) is 19.7 Å². The van der Waals surface area contributed by atoms with Gasteiger partial charge in [0.25, 0.3) is 0 Å². The van der Waals surface area contributed by atoms with Gasteiger partial charge in [-0.25, -0.2) is 15.8 Å². The van der Waals surface area contributed by atoms with Gasteiger partial charge in [-0.15, -0.1) is 0 Å². The number of hydrazine groups is 1. The maximum atomic E-state index is 5.61. The van der Waals surface area contributed by atoms with E-state index in [4.69, 9.17) is 5.84 Å². The second-order valence-electron chi connectivity index (χ2n) is 4.90. The third-order valence-corrected chi connectivity index (χ3v) is 3.51. The summed E-state index contributed by atoms with van der Waals surface area (Å²) in [5, 5.41) is 4.35. The molecular formula is C13H18N6. The Labute approximate surface area is 112 Å². The van der Waals surface area contributed by atoms with Crippen LogP contribution in [0.4, 0.5) is 5.82 Å². The van der Waals surface area contributed by atoms with E-state index in [-0.39, 0.29) is 0 Å². The Morgan fingerprint density at radius 2 is 2.05 bits per heavy atom. The summed E-state index contributed by atoms with van der Waals surface area (Å²) in [6, 6.07) is 1.92. The fourth-order valence-corrected chi connectivity index (χ4v) is 2.54. The minimum Gasteiger partial charge on any atom is -0.308 e. The minimum atomic E-state index is 0.647. The zero-order chi connectivity index (χ0) is 13.2. The zero-order valence-corrected chi connectivity index (χ0v) is 11.1. The molecule has 2 heterocycles. The van der Waals surface area contributed by atoms with Crippen molar-refractivity contribution in [2.45, 2.75) is 32.1 Å². The van der Waals surface area contributed by atoms with Crippen LogP contribution in [0.2, 0.25) is 0 Å². The number of nitrogens with zero attached hydrogens (tertiary/aromatic N) is 4. The SMILES string of the molecule is Cn1ccc(-c2nc3c(c(NN)n2)CCCCC3)n1. The Morgan fingerprint density at radius 3 is 2.79 bits per heavy atom. The van der Waals surface area contributed by atoms with Crippen molar-refractivity contribution in [2.75, 3.05) is 5.43 Å². The summed E-state index contributed by atoms with van der Waals surface area (Å²) < 4.78 is 1.75. The summed E-state index contributed by atoms with van der Waals surface area (Å²) in [7, 11) is 1.88. The molecule has 0 unspecified atom stereocenters. The van der Waals surface area contributed by atoms with E-state index in [1.54, 1.807) is 4.68 Å². The van der Waals surface area contributed by atoms with E-state index in [9.17, 15) is 0 Å². The Kier molecular flexibility index (Phi) is 3.16. The lowest BCUT2D eigenvalue weighted by Gasteiger charge is -2.11. The Balaban J connectivity index is 2.09. The largest absolute Gasteiger partial charge is 0.308 e. The number of fused-ring (bicyclic) bond motifs is 1. The summed E-state index contributed by atoms with van der Waals surface area (Å²) in [5.41, 5.74) is 5.78. The van der Waals surface area contributed by atoms with E-state index < -0.39 is 0 Å². The first-order chi connectivity index (χ1) is 9.28. The van der Waals surface area contributed by atoms with Crippen molar-refractivity contribution in [3.05, 3.63) is 23.5 Å². The van der Waals surface area contributed by atoms with E-state index in [0.717, 1.165) is 30.0 Å². The van der Waals surface area contributed by atoms with Gasteiger partial charge in [-0.1, -0.05) is 6.42 Å². The summed E-state index contributed by atoms with van der Waals surface area (Å²) >= 11 is 0. The van der Waals surface area contributed by atoms with Gasteiger partial charge >= 0.3 is 0 Å². The van der Waals surface area contributed by atoms with Gasteiger partial charge in [-0.05, 0) is 31.7 Å². The Hall–Kier alpha value is -1.95. The van der Waals surface area contributed by atoms with Crippen molar-refractivity contribution >= 4 is 5.82 Å². The highest BCUT2D eigenvalue weighted by Crippen LogP contribution is 2.26. The van der Waals surface area contributed by atoms with Gasteiger partial charge in [0.1, 0.15) is 11.5 Å². The topological polar surface area (TPSA) is 81.7 Å². The number of aromatic nitrogens is 4. The van der Waals surface area contributed by atoms with Crippen molar-refractivity contribution in [2.24, 2.45) is 12.9 Å². The van der Waals surface area contributed by atoms with Crippen LogP contribution >= 0.6 is 0 Å². The Morgan fingerprint density at radius 1 is 1.21 bits per heavy atom. The first-order valence-corrected chi connectivity index (χ1v) is 6.64. The normalized spacial score (nSPS) is 14.8. The highest BCUT2D eigenvalue weighted by molar-refractivity contribution is 5.56. The molecule has 0 spiro atoms. The number of nitrogens with two attached hydrogens (primary N) is 1. The van der Waals surface area contributed by atoms with Crippen molar-refractivity contribution < 1.29 is 0 Å². The smallest absolute Gasteiger partial charge is 0.182 e. The van der Waals surface area contributed by atoms with E-state index in [1.165, 1.54) is 24.8 Å². The van der Waals surface area contributed by atoms with Gasteiger partial charge in [0, 0.05) is 24.5 Å². The van der Waals surface area contributed by atoms with Crippen LogP contribution in [0, 0.1) is 0 Å². The maximum absolute atomic E-state index is 5.61. The molecule has 0 saturated carbocycles. The average Bonchev–Trinajstić information content (AvgIpc) is 2.72. The first kappa shape index (κ1) is 12.1. The van der Waals surface area contributed by atoms with E-state index in [2.05, 4.69) is 20.5 Å². The molecule has 3 rings (SSSR count). The fraction of sp³-hybridized carbons (Fsp3) is 0.462. The van der Waals surface area contributed by atoms with Gasteiger partial charge in [-0.2, -0.15) is 5.10 Å². The molecule has 6 nitrogen and oxygen atoms in total. The number of nitrogen functional groups attached to an aromatic ring is 1. The number of aryl methyl sites for hydroxylation is 2. The molecule has 3 N–H and O–H groups in total. The molecule has 0 aromatic carbocycles. The second kappa shape index (κ2) is 4.97. The number of nitrogens with one attached hydrogen (secondary N) is 1. The lowest BCUT2D eigenvalue weighted by Crippen LogP contribution is -2.14. The van der Waals surface area contributed by atoms with Crippen LogP contribution in [0.25, 0.3) is 11.5 Å². The van der Waals surface area contributed by atoms with E-state index in [1.807, 2.05) is 19.3 Å². The minimum absolute atomic E-state index is 0.647. The van der Waals surface area contributed by atoms with Crippen LogP contribution in [-0.4, -0.2) is 19.7 Å². The average molecular weight is 258 g/mol. The third-order valence-electron chi connectivity index (χ3n) is 3.51. The van der Waals surface area contributed by atoms with Crippen molar-refractivity contribution in [3.63, 3.8) is 0 Å². The van der Waals surface area contributed by atoms with Crippen LogP contribution in [0.15, 0.2) is 12.3 Å². The highest BCUT2D eigenvalue weighted by atomic mass is 15.3. The molecule has 6 heteroatoms. The van der Waals surface area contributed by atoms with Gasteiger partial charge in [0.15, 0.2) is 5.82 Å². The molecule has 0 radical (unpaired) electrons. The summed E-state index contributed by atoms with van der Waals surface area (Å²) in [4.78, 5) is 9.19. The van der Waals surface area contributed by atoms with Crippen LogP contribution in [0.3, 0.4) is 0 Å². The van der Waals surface area contributed by atoms with Gasteiger partial charge in [-0.3, -0.25) is 4.68 Å². The van der Waals surface area contributed by atoms with Gasteiger partial charge in [0.05, 0.1) is 0 Å². The van der Waals surface area contributed by atoms with Crippen LogP contribution in [-0.2, 0) is 19.9 Å². The fourth-order valence-electron chi connectivity index (χ4n) is 2.54. The molecule has 0 bridgehead atoms. The third kappa shape index (κ3) is 2.31. The molecule has 0 amide bonds. The predicted octanol–water partition coefficient (Wildman–Crippen LogP) is 1.43. The quantitative estimate of drug-likeness (QED) is 0.484. The van der Waals surface area contributed by atoms with Gasteiger partial charge in [0.2, 0.25) is 0 Å². The maximum Gasteiger partial charge on any atom is 0.182 e. The number of hydrogen-bond acceptors (Lipinski definition) is 5. The molecule has 19 heavy (non-hydrogen) atoms. The predicted molar refractivity (Wildman–Crippen MR) is 73.3 cm³/mol. The molecule has 0 aliphatic heterocycles. The second-order valence-corrected chi connectivity index (χ2v) is 4.90. The van der Waals surface area contributed by atoms with Crippen molar-refractivity contribution in [1.29, 1.82) is 0 Å². The number of rotatable bonds is 2.